The Bertz CT molecular complexity index is 283. The number of likely N-dealkylation sites (N-methyl/N-ethyl adjacent to an activating group) is 1. The lowest BCUT2D eigenvalue weighted by Crippen LogP contribution is -2.22. The van der Waals surface area contributed by atoms with Gasteiger partial charge in [0.05, 0.1) is 0 Å². The second-order valence-corrected chi connectivity index (χ2v) is 2.30. The molecule has 0 aliphatic rings. The normalized spacial score (nSPS) is 9.75. The Morgan fingerprint density at radius 3 is 3.08 bits per heavy atom. The van der Waals surface area contributed by atoms with Gasteiger partial charge in [-0.25, -0.2) is 4.98 Å². The van der Waals surface area contributed by atoms with E-state index in [0.717, 1.165) is 6.54 Å². The van der Waals surface area contributed by atoms with Crippen molar-refractivity contribution in [1.29, 1.82) is 0 Å². The van der Waals surface area contributed by atoms with E-state index in [4.69, 9.17) is 0 Å². The summed E-state index contributed by atoms with van der Waals surface area (Å²) in [6.45, 7) is 1.49. The number of hydrogen-bond acceptors (Lipinski definition) is 4. The lowest BCUT2D eigenvalue weighted by atomic mass is 10.5. The van der Waals surface area contributed by atoms with Gasteiger partial charge in [-0.1, -0.05) is 0 Å². The predicted octanol–water partition coefficient (Wildman–Crippen LogP) is -0.599. The van der Waals surface area contributed by atoms with Gasteiger partial charge >= 0.3 is 0 Å². The molecule has 1 rings (SSSR count). The minimum Gasteiger partial charge on any atom is -0.364 e. The molecular weight excluding hydrogens is 156 g/mol. The summed E-state index contributed by atoms with van der Waals surface area (Å²) in [7, 11) is 1.85. The third kappa shape index (κ3) is 2.35. The van der Waals surface area contributed by atoms with Gasteiger partial charge in [0, 0.05) is 25.5 Å². The number of H-pyrrole nitrogens is 1. The van der Waals surface area contributed by atoms with Crippen molar-refractivity contribution < 1.29 is 0 Å². The van der Waals surface area contributed by atoms with E-state index in [1.54, 1.807) is 6.20 Å². The fraction of sp³-hybridized carbons (Fsp3) is 0.429. The fourth-order valence-corrected chi connectivity index (χ4v) is 0.784. The van der Waals surface area contributed by atoms with Crippen LogP contribution in [0.5, 0.6) is 0 Å². The second-order valence-electron chi connectivity index (χ2n) is 2.30. The van der Waals surface area contributed by atoms with Crippen molar-refractivity contribution in [2.24, 2.45) is 0 Å². The summed E-state index contributed by atoms with van der Waals surface area (Å²) < 4.78 is 0. The van der Waals surface area contributed by atoms with Crippen molar-refractivity contribution in [2.45, 2.75) is 0 Å². The molecule has 1 heterocycles. The molecule has 0 spiro atoms. The first kappa shape index (κ1) is 8.73. The first-order valence-corrected chi connectivity index (χ1v) is 3.77. The van der Waals surface area contributed by atoms with Gasteiger partial charge in [-0.15, -0.1) is 0 Å². The van der Waals surface area contributed by atoms with Crippen LogP contribution in [0.15, 0.2) is 17.2 Å². The molecule has 5 nitrogen and oxygen atoms in total. The zero-order chi connectivity index (χ0) is 8.81. The number of nitrogens with zero attached hydrogens (tertiary/aromatic N) is 1. The third-order valence-electron chi connectivity index (χ3n) is 1.38. The minimum atomic E-state index is -0.186. The highest BCUT2D eigenvalue weighted by molar-refractivity contribution is 5.29. The summed E-state index contributed by atoms with van der Waals surface area (Å²) in [6, 6.07) is 0. The van der Waals surface area contributed by atoms with Crippen LogP contribution in [0.1, 0.15) is 0 Å². The molecule has 0 aliphatic carbocycles. The van der Waals surface area contributed by atoms with Gasteiger partial charge in [0.25, 0.3) is 5.56 Å². The van der Waals surface area contributed by atoms with Gasteiger partial charge in [0.2, 0.25) is 0 Å². The van der Waals surface area contributed by atoms with E-state index in [9.17, 15) is 4.79 Å². The highest BCUT2D eigenvalue weighted by atomic mass is 16.1. The van der Waals surface area contributed by atoms with Gasteiger partial charge in [-0.2, -0.15) is 0 Å². The summed E-state index contributed by atoms with van der Waals surface area (Å²) in [5, 5.41) is 5.85. The Morgan fingerprint density at radius 2 is 2.42 bits per heavy atom. The molecule has 0 bridgehead atoms. The summed E-state index contributed by atoms with van der Waals surface area (Å²) in [4.78, 5) is 17.4. The van der Waals surface area contributed by atoms with Crippen LogP contribution in [0.4, 0.5) is 5.82 Å². The number of anilines is 1. The van der Waals surface area contributed by atoms with Crippen LogP contribution >= 0.6 is 0 Å². The lowest BCUT2D eigenvalue weighted by molar-refractivity contribution is 0.819. The largest absolute Gasteiger partial charge is 0.364 e. The Morgan fingerprint density at radius 1 is 1.58 bits per heavy atom. The second kappa shape index (κ2) is 4.50. The topological polar surface area (TPSA) is 69.8 Å². The van der Waals surface area contributed by atoms with Crippen LogP contribution in [-0.2, 0) is 0 Å². The highest BCUT2D eigenvalue weighted by Crippen LogP contribution is 1.86. The minimum absolute atomic E-state index is 0.186. The monoisotopic (exact) mass is 168 g/mol. The van der Waals surface area contributed by atoms with Crippen LogP contribution in [0, 0.1) is 0 Å². The van der Waals surface area contributed by atoms with Crippen molar-refractivity contribution in [1.82, 2.24) is 15.3 Å². The molecule has 0 saturated carbocycles. The molecule has 3 N–H and O–H groups in total. The van der Waals surface area contributed by atoms with Crippen molar-refractivity contribution in [3.05, 3.63) is 22.7 Å². The molecule has 0 aromatic carbocycles. The van der Waals surface area contributed by atoms with E-state index in [1.165, 1.54) is 6.20 Å². The van der Waals surface area contributed by atoms with E-state index < -0.39 is 0 Å². The SMILES string of the molecule is CNCCNc1ncc[nH]c1=O. The molecule has 0 saturated heterocycles. The summed E-state index contributed by atoms with van der Waals surface area (Å²) in [5.74, 6) is 0.368. The van der Waals surface area contributed by atoms with E-state index in [1.807, 2.05) is 7.05 Å². The summed E-state index contributed by atoms with van der Waals surface area (Å²) >= 11 is 0. The number of aromatic nitrogens is 2. The Hall–Kier alpha value is -1.36. The maximum absolute atomic E-state index is 11.0. The lowest BCUT2D eigenvalue weighted by Gasteiger charge is -2.01. The highest BCUT2D eigenvalue weighted by Gasteiger charge is 1.95. The molecule has 66 valence electrons. The van der Waals surface area contributed by atoms with E-state index in [-0.39, 0.29) is 5.56 Å². The molecular formula is C7H12N4O. The van der Waals surface area contributed by atoms with Gasteiger partial charge in [0.15, 0.2) is 5.82 Å². The molecule has 0 amide bonds. The number of rotatable bonds is 4. The van der Waals surface area contributed by atoms with Gasteiger partial charge in [-0.05, 0) is 7.05 Å². The van der Waals surface area contributed by atoms with Crippen LogP contribution in [0.25, 0.3) is 0 Å². The van der Waals surface area contributed by atoms with Crippen LogP contribution in [-0.4, -0.2) is 30.1 Å². The molecule has 5 heteroatoms. The molecule has 0 unspecified atom stereocenters. The van der Waals surface area contributed by atoms with Crippen molar-refractivity contribution in [3.8, 4) is 0 Å². The maximum atomic E-state index is 11.0. The molecule has 12 heavy (non-hydrogen) atoms. The first-order valence-electron chi connectivity index (χ1n) is 3.77. The van der Waals surface area contributed by atoms with E-state index >= 15 is 0 Å². The quantitative estimate of drug-likeness (QED) is 0.525. The smallest absolute Gasteiger partial charge is 0.290 e. The first-order chi connectivity index (χ1) is 5.84. The van der Waals surface area contributed by atoms with Crippen molar-refractivity contribution >= 4 is 5.82 Å². The summed E-state index contributed by atoms with van der Waals surface area (Å²) in [5.41, 5.74) is -0.186. The average molecular weight is 168 g/mol. The number of hydrogen-bond donors (Lipinski definition) is 3. The molecule has 0 atom stereocenters. The average Bonchev–Trinajstić information content (AvgIpc) is 2.09. The molecule has 1 aromatic heterocycles. The molecule has 0 fully saturated rings. The van der Waals surface area contributed by atoms with Gasteiger partial charge in [0.1, 0.15) is 0 Å². The van der Waals surface area contributed by atoms with Gasteiger partial charge < -0.3 is 15.6 Å². The number of nitrogens with one attached hydrogen (secondary N) is 3. The predicted molar refractivity (Wildman–Crippen MR) is 47.3 cm³/mol. The molecule has 1 aromatic rings. The van der Waals surface area contributed by atoms with E-state index in [0.29, 0.717) is 12.4 Å². The Kier molecular flexibility index (Phi) is 3.28. The summed E-state index contributed by atoms with van der Waals surface area (Å²) in [6.07, 6.45) is 3.05. The van der Waals surface area contributed by atoms with Crippen molar-refractivity contribution in [2.75, 3.05) is 25.5 Å². The van der Waals surface area contributed by atoms with E-state index in [2.05, 4.69) is 20.6 Å². The fourth-order valence-electron chi connectivity index (χ4n) is 0.784. The van der Waals surface area contributed by atoms with Crippen LogP contribution in [0.2, 0.25) is 0 Å². The Balaban J connectivity index is 2.52. The maximum Gasteiger partial charge on any atom is 0.290 e. The number of aromatic amines is 1. The Labute approximate surface area is 70.2 Å². The van der Waals surface area contributed by atoms with Crippen LogP contribution < -0.4 is 16.2 Å². The molecule has 0 radical (unpaired) electrons. The van der Waals surface area contributed by atoms with Crippen molar-refractivity contribution in [3.63, 3.8) is 0 Å². The molecule has 0 aliphatic heterocycles. The zero-order valence-corrected chi connectivity index (χ0v) is 6.92. The zero-order valence-electron chi connectivity index (χ0n) is 6.92. The standard InChI is InChI=1S/C7H12N4O/c1-8-2-3-9-6-7(12)11-5-4-10-6/h4-5,8H,2-3H2,1H3,(H,9,10)(H,11,12). The third-order valence-corrected chi connectivity index (χ3v) is 1.38. The van der Waals surface area contributed by atoms with Gasteiger partial charge in [-0.3, -0.25) is 4.79 Å². The van der Waals surface area contributed by atoms with Crippen LogP contribution in [0.3, 0.4) is 0 Å².